The lowest BCUT2D eigenvalue weighted by Gasteiger charge is -2.14. The molecule has 0 saturated carbocycles. The van der Waals surface area contributed by atoms with Crippen molar-refractivity contribution < 1.29 is 9.13 Å². The van der Waals surface area contributed by atoms with Crippen molar-refractivity contribution in [2.45, 2.75) is 33.2 Å². The molecule has 0 atom stereocenters. The van der Waals surface area contributed by atoms with Crippen molar-refractivity contribution in [2.24, 2.45) is 5.73 Å². The second-order valence-electron chi connectivity index (χ2n) is 4.53. The van der Waals surface area contributed by atoms with E-state index in [1.54, 1.807) is 6.07 Å². The summed E-state index contributed by atoms with van der Waals surface area (Å²) in [5.41, 5.74) is 8.63. The van der Waals surface area contributed by atoms with Crippen molar-refractivity contribution in [1.82, 2.24) is 10.2 Å². The van der Waals surface area contributed by atoms with Gasteiger partial charge in [0.2, 0.25) is 5.88 Å². The molecule has 0 aliphatic carbocycles. The van der Waals surface area contributed by atoms with Gasteiger partial charge >= 0.3 is 0 Å². The van der Waals surface area contributed by atoms with Crippen molar-refractivity contribution in [3.63, 3.8) is 0 Å². The van der Waals surface area contributed by atoms with Crippen molar-refractivity contribution in [3.8, 4) is 11.6 Å². The number of nitrogens with zero attached hydrogens (tertiary/aromatic N) is 2. The van der Waals surface area contributed by atoms with Crippen molar-refractivity contribution in [3.05, 3.63) is 45.3 Å². The number of hydrogen-bond acceptors (Lipinski definition) is 4. The summed E-state index contributed by atoms with van der Waals surface area (Å²) < 4.78 is 19.7. The van der Waals surface area contributed by atoms with Crippen LogP contribution in [0, 0.1) is 5.82 Å². The molecular weight excluding hydrogens is 337 g/mol. The highest BCUT2D eigenvalue weighted by Gasteiger charge is 2.15. The third kappa shape index (κ3) is 3.57. The molecule has 0 unspecified atom stereocenters. The molecule has 21 heavy (non-hydrogen) atoms. The zero-order valence-electron chi connectivity index (χ0n) is 12.0. The summed E-state index contributed by atoms with van der Waals surface area (Å²) >= 11 is 3.23. The van der Waals surface area contributed by atoms with E-state index in [1.807, 2.05) is 13.8 Å². The van der Waals surface area contributed by atoms with Crippen LogP contribution in [0.1, 0.15) is 30.7 Å². The van der Waals surface area contributed by atoms with Crippen LogP contribution < -0.4 is 10.5 Å². The summed E-state index contributed by atoms with van der Waals surface area (Å²) in [5.74, 6) is 0.309. The minimum atomic E-state index is -0.387. The summed E-state index contributed by atoms with van der Waals surface area (Å²) in [5, 5.41) is 8.28. The summed E-state index contributed by atoms with van der Waals surface area (Å²) in [6, 6.07) is 4.33. The standard InChI is InChI=1S/C15H17BrFN3O/c1-3-12-13(8-18)15(20-19-14(12)4-2)21-11-6-9(16)5-10(17)7-11/h5-7H,3-4,8,18H2,1-2H3. The molecule has 2 rings (SSSR count). The van der Waals surface area contributed by atoms with Crippen molar-refractivity contribution >= 4 is 15.9 Å². The maximum atomic E-state index is 13.4. The number of rotatable bonds is 5. The van der Waals surface area contributed by atoms with Gasteiger partial charge in [0.05, 0.1) is 5.69 Å². The first kappa shape index (κ1) is 15.9. The zero-order valence-corrected chi connectivity index (χ0v) is 13.6. The minimum absolute atomic E-state index is 0.303. The molecule has 0 bridgehead atoms. The highest BCUT2D eigenvalue weighted by molar-refractivity contribution is 9.10. The van der Waals surface area contributed by atoms with Gasteiger partial charge in [-0.1, -0.05) is 29.8 Å². The summed E-state index contributed by atoms with van der Waals surface area (Å²) in [6.45, 7) is 4.36. The van der Waals surface area contributed by atoms with Crippen molar-refractivity contribution in [2.75, 3.05) is 0 Å². The minimum Gasteiger partial charge on any atom is -0.437 e. The quantitative estimate of drug-likeness (QED) is 0.888. The lowest BCUT2D eigenvalue weighted by molar-refractivity contribution is 0.441. The molecule has 0 aliphatic heterocycles. The van der Waals surface area contributed by atoms with Crippen LogP contribution in [0.3, 0.4) is 0 Å². The topological polar surface area (TPSA) is 61.0 Å². The van der Waals surface area contributed by atoms with Gasteiger partial charge in [-0.05, 0) is 30.5 Å². The highest BCUT2D eigenvalue weighted by atomic mass is 79.9. The van der Waals surface area contributed by atoms with Crippen LogP contribution in [-0.2, 0) is 19.4 Å². The SMILES string of the molecule is CCc1nnc(Oc2cc(F)cc(Br)c2)c(CN)c1CC. The van der Waals surface area contributed by atoms with Crippen LogP contribution >= 0.6 is 15.9 Å². The summed E-state index contributed by atoms with van der Waals surface area (Å²) in [6.07, 6.45) is 1.59. The van der Waals surface area contributed by atoms with E-state index >= 15 is 0 Å². The molecule has 0 amide bonds. The largest absolute Gasteiger partial charge is 0.437 e. The van der Waals surface area contributed by atoms with Gasteiger partial charge in [0.15, 0.2) is 0 Å². The van der Waals surface area contributed by atoms with Gasteiger partial charge in [-0.2, -0.15) is 5.10 Å². The van der Waals surface area contributed by atoms with Crippen LogP contribution in [0.15, 0.2) is 22.7 Å². The van der Waals surface area contributed by atoms with E-state index < -0.39 is 0 Å². The van der Waals surface area contributed by atoms with Crippen LogP contribution in [0.4, 0.5) is 4.39 Å². The molecule has 0 fully saturated rings. The van der Waals surface area contributed by atoms with Crippen molar-refractivity contribution in [1.29, 1.82) is 0 Å². The molecule has 6 heteroatoms. The Hall–Kier alpha value is -1.53. The first-order chi connectivity index (χ1) is 10.1. The van der Waals surface area contributed by atoms with Crippen LogP contribution in [0.5, 0.6) is 11.6 Å². The summed E-state index contributed by atoms with van der Waals surface area (Å²) in [4.78, 5) is 0. The fourth-order valence-electron chi connectivity index (χ4n) is 2.22. The number of nitrogens with two attached hydrogens (primary N) is 1. The first-order valence-electron chi connectivity index (χ1n) is 6.80. The van der Waals surface area contributed by atoms with E-state index in [9.17, 15) is 4.39 Å². The van der Waals surface area contributed by atoms with Gasteiger partial charge < -0.3 is 10.5 Å². The van der Waals surface area contributed by atoms with Gasteiger partial charge in [-0.15, -0.1) is 5.10 Å². The molecular formula is C15H17BrFN3O. The van der Waals surface area contributed by atoms with E-state index in [1.165, 1.54) is 12.1 Å². The highest BCUT2D eigenvalue weighted by Crippen LogP contribution is 2.29. The lowest BCUT2D eigenvalue weighted by Crippen LogP contribution is -2.10. The lowest BCUT2D eigenvalue weighted by atomic mass is 10.0. The van der Waals surface area contributed by atoms with Crippen LogP contribution in [-0.4, -0.2) is 10.2 Å². The molecule has 2 aromatic rings. The second-order valence-corrected chi connectivity index (χ2v) is 5.44. The van der Waals surface area contributed by atoms with E-state index in [4.69, 9.17) is 10.5 Å². The molecule has 112 valence electrons. The third-order valence-corrected chi connectivity index (χ3v) is 3.63. The Balaban J connectivity index is 2.44. The predicted octanol–water partition coefficient (Wildman–Crippen LogP) is 3.75. The van der Waals surface area contributed by atoms with E-state index in [0.717, 1.165) is 29.7 Å². The molecule has 0 aliphatic rings. The van der Waals surface area contributed by atoms with Gasteiger partial charge in [0.1, 0.15) is 11.6 Å². The molecule has 1 heterocycles. The fourth-order valence-corrected chi connectivity index (χ4v) is 2.67. The zero-order chi connectivity index (χ0) is 15.4. The van der Waals surface area contributed by atoms with E-state index in [0.29, 0.717) is 22.6 Å². The Morgan fingerprint density at radius 2 is 1.90 bits per heavy atom. The smallest absolute Gasteiger partial charge is 0.243 e. The van der Waals surface area contributed by atoms with E-state index in [2.05, 4.69) is 26.1 Å². The Labute approximate surface area is 131 Å². The predicted molar refractivity (Wildman–Crippen MR) is 82.9 cm³/mol. The van der Waals surface area contributed by atoms with Gasteiger partial charge in [-0.3, -0.25) is 0 Å². The average Bonchev–Trinajstić information content (AvgIpc) is 2.45. The monoisotopic (exact) mass is 353 g/mol. The van der Waals surface area contributed by atoms with Gasteiger partial charge in [0.25, 0.3) is 0 Å². The Kier molecular flexibility index (Phi) is 5.25. The Bertz CT molecular complexity index is 629. The van der Waals surface area contributed by atoms with Crippen LogP contribution in [0.2, 0.25) is 0 Å². The number of hydrogen-bond donors (Lipinski definition) is 1. The molecule has 0 spiro atoms. The Morgan fingerprint density at radius 3 is 2.48 bits per heavy atom. The van der Waals surface area contributed by atoms with Crippen LogP contribution in [0.25, 0.3) is 0 Å². The fraction of sp³-hybridized carbons (Fsp3) is 0.333. The first-order valence-corrected chi connectivity index (χ1v) is 7.59. The number of halogens is 2. The molecule has 4 nitrogen and oxygen atoms in total. The maximum absolute atomic E-state index is 13.4. The molecule has 1 aromatic heterocycles. The normalized spacial score (nSPS) is 10.7. The molecule has 2 N–H and O–H groups in total. The van der Waals surface area contributed by atoms with Gasteiger partial charge in [0, 0.05) is 22.6 Å². The Morgan fingerprint density at radius 1 is 1.14 bits per heavy atom. The van der Waals surface area contributed by atoms with E-state index in [-0.39, 0.29) is 5.82 Å². The second kappa shape index (κ2) is 6.95. The number of ether oxygens (including phenoxy) is 1. The maximum Gasteiger partial charge on any atom is 0.243 e. The summed E-state index contributed by atoms with van der Waals surface area (Å²) in [7, 11) is 0. The number of benzene rings is 1. The van der Waals surface area contributed by atoms with Gasteiger partial charge in [-0.25, -0.2) is 4.39 Å². The molecule has 0 saturated heterocycles. The number of aromatic nitrogens is 2. The molecule has 1 aromatic carbocycles. The average molecular weight is 354 g/mol. The third-order valence-electron chi connectivity index (χ3n) is 3.18. The molecule has 0 radical (unpaired) electrons. The number of aryl methyl sites for hydroxylation is 1.